The van der Waals surface area contributed by atoms with Gasteiger partial charge in [-0.3, -0.25) is 9.52 Å². The van der Waals surface area contributed by atoms with Crippen molar-refractivity contribution in [2.45, 2.75) is 37.1 Å². The van der Waals surface area contributed by atoms with Gasteiger partial charge in [0, 0.05) is 11.3 Å². The van der Waals surface area contributed by atoms with Gasteiger partial charge in [-0.25, -0.2) is 8.42 Å². The molecule has 0 bridgehead atoms. The molecule has 0 saturated carbocycles. The first-order valence-corrected chi connectivity index (χ1v) is 14.2. The van der Waals surface area contributed by atoms with Gasteiger partial charge >= 0.3 is 0 Å². The highest BCUT2D eigenvalue weighted by Gasteiger charge is 2.47. The van der Waals surface area contributed by atoms with Gasteiger partial charge in [0.15, 0.2) is 11.6 Å². The summed E-state index contributed by atoms with van der Waals surface area (Å²) in [5.41, 5.74) is 5.77. The Labute approximate surface area is 204 Å². The zero-order valence-electron chi connectivity index (χ0n) is 19.4. The molecule has 186 valence electrons. The second-order valence-corrected chi connectivity index (χ2v) is 12.4. The maximum Gasteiger partial charge on any atom is 0.286 e. The Balaban J connectivity index is 1.84. The van der Waals surface area contributed by atoms with Crippen LogP contribution in [0.1, 0.15) is 37.8 Å². The van der Waals surface area contributed by atoms with Crippen molar-refractivity contribution in [1.82, 2.24) is 0 Å². The van der Waals surface area contributed by atoms with Gasteiger partial charge in [0.05, 0.1) is 11.9 Å². The topological polar surface area (TPSA) is 168 Å². The molecule has 10 nitrogen and oxygen atoms in total. The molecule has 0 radical (unpaired) electrons. The summed E-state index contributed by atoms with van der Waals surface area (Å²) in [6, 6.07) is 10.5. The number of amidine groups is 1. The standard InChI is InChI=1S/C23H26N4O6S2/c1-13(2)10-11-23(24)16-7-5-4-6-15(16)20(28)19(21(23)29)22-25-17-9-8-14(26-34(3,30)31)12-18(17)35(32,33)27-22/h4-9,12-13,26,28H,10-11,24H2,1-3H3,(H,25,27). The van der Waals surface area contributed by atoms with E-state index in [0.717, 1.165) is 12.3 Å². The Morgan fingerprint density at radius 2 is 1.89 bits per heavy atom. The number of fused-ring (bicyclic) bond motifs is 2. The van der Waals surface area contributed by atoms with E-state index in [1.54, 1.807) is 24.3 Å². The number of ketones is 1. The average molecular weight is 519 g/mol. The number of carbonyl (C=O) groups is 1. The number of sulfonamides is 2. The summed E-state index contributed by atoms with van der Waals surface area (Å²) in [4.78, 5) is 13.5. The van der Waals surface area contributed by atoms with Crippen LogP contribution in [0.3, 0.4) is 0 Å². The molecule has 2 aromatic carbocycles. The van der Waals surface area contributed by atoms with E-state index in [9.17, 15) is 26.7 Å². The quantitative estimate of drug-likeness (QED) is 0.452. The normalized spacial score (nSPS) is 21.2. The molecule has 1 atom stereocenters. The van der Waals surface area contributed by atoms with Crippen molar-refractivity contribution in [3.8, 4) is 0 Å². The van der Waals surface area contributed by atoms with Crippen LogP contribution < -0.4 is 15.8 Å². The smallest absolute Gasteiger partial charge is 0.286 e. The first kappa shape index (κ1) is 24.9. The van der Waals surface area contributed by atoms with Crippen LogP contribution in [0.4, 0.5) is 11.4 Å². The summed E-state index contributed by atoms with van der Waals surface area (Å²) in [6.07, 6.45) is 1.85. The molecule has 1 unspecified atom stereocenters. The van der Waals surface area contributed by atoms with E-state index in [0.29, 0.717) is 17.5 Å². The van der Waals surface area contributed by atoms with Crippen LogP contribution in [0.25, 0.3) is 5.76 Å². The van der Waals surface area contributed by atoms with Crippen molar-refractivity contribution < 1.29 is 26.7 Å². The number of nitrogens with zero attached hydrogens (tertiary/aromatic N) is 1. The second kappa shape index (κ2) is 8.47. The molecule has 2 aromatic rings. The molecule has 0 saturated heterocycles. The van der Waals surface area contributed by atoms with Crippen molar-refractivity contribution in [1.29, 1.82) is 0 Å². The summed E-state index contributed by atoms with van der Waals surface area (Å²) >= 11 is 0. The third-order valence-electron chi connectivity index (χ3n) is 5.91. The summed E-state index contributed by atoms with van der Waals surface area (Å²) in [5.74, 6) is -1.16. The minimum absolute atomic E-state index is 0.0367. The summed E-state index contributed by atoms with van der Waals surface area (Å²) in [5, 5.41) is 13.9. The number of hydrogen-bond donors (Lipinski definition) is 4. The molecule has 12 heteroatoms. The molecule has 1 heterocycles. The minimum atomic E-state index is -4.35. The van der Waals surface area contributed by atoms with Gasteiger partial charge in [0.2, 0.25) is 10.0 Å². The van der Waals surface area contributed by atoms with E-state index in [1.807, 2.05) is 13.8 Å². The van der Waals surface area contributed by atoms with Gasteiger partial charge in [-0.15, -0.1) is 4.40 Å². The monoisotopic (exact) mass is 518 g/mol. The first-order chi connectivity index (χ1) is 16.2. The lowest BCUT2D eigenvalue weighted by Gasteiger charge is -2.36. The Morgan fingerprint density at radius 1 is 1.20 bits per heavy atom. The zero-order valence-corrected chi connectivity index (χ0v) is 21.0. The Kier molecular flexibility index (Phi) is 6.02. The van der Waals surface area contributed by atoms with Crippen LogP contribution in [0.5, 0.6) is 0 Å². The summed E-state index contributed by atoms with van der Waals surface area (Å²) in [7, 11) is -7.99. The van der Waals surface area contributed by atoms with E-state index in [4.69, 9.17) is 5.73 Å². The number of aliphatic hydroxyl groups is 1. The lowest BCUT2D eigenvalue weighted by atomic mass is 9.72. The van der Waals surface area contributed by atoms with Crippen molar-refractivity contribution in [3.05, 3.63) is 59.2 Å². The molecular formula is C23H26N4O6S2. The van der Waals surface area contributed by atoms with Crippen LogP contribution >= 0.6 is 0 Å². The minimum Gasteiger partial charge on any atom is -0.506 e. The van der Waals surface area contributed by atoms with E-state index >= 15 is 0 Å². The van der Waals surface area contributed by atoms with Crippen molar-refractivity contribution in [2.24, 2.45) is 16.0 Å². The number of rotatable bonds is 6. The molecule has 0 fully saturated rings. The lowest BCUT2D eigenvalue weighted by molar-refractivity contribution is -0.120. The van der Waals surface area contributed by atoms with Gasteiger partial charge < -0.3 is 16.2 Å². The van der Waals surface area contributed by atoms with Crippen LogP contribution in [0.2, 0.25) is 0 Å². The molecular weight excluding hydrogens is 492 g/mol. The Bertz CT molecular complexity index is 1510. The maximum absolute atomic E-state index is 13.7. The van der Waals surface area contributed by atoms with E-state index in [-0.39, 0.29) is 40.0 Å². The predicted molar refractivity (Wildman–Crippen MR) is 134 cm³/mol. The number of nitrogens with one attached hydrogen (secondary N) is 2. The van der Waals surface area contributed by atoms with Gasteiger partial charge in [0.25, 0.3) is 10.0 Å². The van der Waals surface area contributed by atoms with Crippen LogP contribution in [-0.4, -0.2) is 39.8 Å². The second-order valence-electron chi connectivity index (χ2n) is 9.13. The summed E-state index contributed by atoms with van der Waals surface area (Å²) < 4.78 is 55.1. The number of aliphatic hydroxyl groups excluding tert-OH is 1. The lowest BCUT2D eigenvalue weighted by Crippen LogP contribution is -2.50. The number of Topliss-reactive ketones (excluding diaryl/α,β-unsaturated/α-hetero) is 1. The molecule has 4 rings (SSSR count). The first-order valence-electron chi connectivity index (χ1n) is 10.8. The summed E-state index contributed by atoms with van der Waals surface area (Å²) in [6.45, 7) is 4.00. The fraction of sp³-hybridized carbons (Fsp3) is 0.304. The largest absolute Gasteiger partial charge is 0.506 e. The molecule has 0 amide bonds. The van der Waals surface area contributed by atoms with Crippen LogP contribution in [-0.2, 0) is 30.4 Å². The molecule has 0 spiro atoms. The number of anilines is 2. The van der Waals surface area contributed by atoms with Crippen molar-refractivity contribution in [3.63, 3.8) is 0 Å². The number of benzene rings is 2. The van der Waals surface area contributed by atoms with Crippen LogP contribution in [0.15, 0.2) is 57.3 Å². The van der Waals surface area contributed by atoms with E-state index in [2.05, 4.69) is 14.4 Å². The Hall–Kier alpha value is -3.22. The highest BCUT2D eigenvalue weighted by atomic mass is 32.2. The zero-order chi connectivity index (χ0) is 25.8. The third-order valence-corrected chi connectivity index (χ3v) is 7.83. The molecule has 1 aliphatic heterocycles. The maximum atomic E-state index is 13.7. The van der Waals surface area contributed by atoms with Gasteiger partial charge in [-0.05, 0) is 42.5 Å². The van der Waals surface area contributed by atoms with Crippen molar-refractivity contribution in [2.75, 3.05) is 16.3 Å². The van der Waals surface area contributed by atoms with Gasteiger partial charge in [-0.1, -0.05) is 38.1 Å². The molecule has 2 aliphatic rings. The highest BCUT2D eigenvalue weighted by Crippen LogP contribution is 2.41. The molecule has 1 aliphatic carbocycles. The highest BCUT2D eigenvalue weighted by molar-refractivity contribution is 7.92. The predicted octanol–water partition coefficient (Wildman–Crippen LogP) is 2.71. The SMILES string of the molecule is CC(C)CCC1(N)C(=O)C(C2=NS(=O)(=O)c3cc(NS(C)(=O)=O)ccc3N2)=C(O)c2ccccc21. The van der Waals surface area contributed by atoms with E-state index < -0.39 is 37.1 Å². The van der Waals surface area contributed by atoms with Gasteiger partial charge in [-0.2, -0.15) is 8.42 Å². The number of hydrogen-bond acceptors (Lipinski definition) is 8. The fourth-order valence-electron chi connectivity index (χ4n) is 4.19. The fourth-order valence-corrected chi connectivity index (χ4v) is 5.90. The van der Waals surface area contributed by atoms with Crippen molar-refractivity contribution >= 4 is 48.8 Å². The van der Waals surface area contributed by atoms with Gasteiger partial charge in [0.1, 0.15) is 21.8 Å². The number of nitrogens with two attached hydrogens (primary N) is 1. The van der Waals surface area contributed by atoms with E-state index in [1.165, 1.54) is 12.1 Å². The molecule has 0 aromatic heterocycles. The molecule has 35 heavy (non-hydrogen) atoms. The number of carbonyl (C=O) groups excluding carboxylic acids is 1. The third kappa shape index (κ3) is 4.56. The average Bonchev–Trinajstić information content (AvgIpc) is 2.76. The van der Waals surface area contributed by atoms with Crippen LogP contribution in [0, 0.1) is 5.92 Å². The Morgan fingerprint density at radius 3 is 2.54 bits per heavy atom. The molecule has 5 N–H and O–H groups in total.